The largest absolute Gasteiger partial charge is 0.480 e. The summed E-state index contributed by atoms with van der Waals surface area (Å²) in [4.78, 5) is 27.4. The summed E-state index contributed by atoms with van der Waals surface area (Å²) in [5, 5.41) is 8.94. The summed E-state index contributed by atoms with van der Waals surface area (Å²) in [5.74, 6) is -0.975. The van der Waals surface area contributed by atoms with Gasteiger partial charge in [0, 0.05) is 25.0 Å². The van der Waals surface area contributed by atoms with Gasteiger partial charge in [0.2, 0.25) is 5.91 Å². The number of carbonyl (C=O) groups excluding carboxylic acids is 1. The molecule has 5 nitrogen and oxygen atoms in total. The molecule has 2 aliphatic rings. The normalized spacial score (nSPS) is 25.5. The van der Waals surface area contributed by atoms with Crippen molar-refractivity contribution in [2.24, 2.45) is 5.92 Å². The monoisotopic (exact) mass is 398 g/mol. The lowest BCUT2D eigenvalue weighted by Gasteiger charge is -2.25. The topological polar surface area (TPSA) is 60.9 Å². The van der Waals surface area contributed by atoms with E-state index in [1.807, 2.05) is 9.80 Å². The molecular weight excluding hydrogens is 373 g/mol. The zero-order valence-electron chi connectivity index (χ0n) is 15.8. The molecule has 0 spiro atoms. The zero-order valence-corrected chi connectivity index (χ0v) is 15.8. The Morgan fingerprint density at radius 1 is 1.18 bits per heavy atom. The van der Waals surface area contributed by atoms with E-state index in [2.05, 4.69) is 0 Å². The first-order chi connectivity index (χ1) is 13.2. The number of likely N-dealkylation sites (tertiary alicyclic amines) is 1. The average molecular weight is 398 g/mol. The third-order valence-electron chi connectivity index (χ3n) is 5.79. The fourth-order valence-electron chi connectivity index (χ4n) is 4.07. The molecule has 1 aliphatic carbocycles. The molecule has 0 aromatic heterocycles. The molecule has 0 bridgehead atoms. The van der Waals surface area contributed by atoms with E-state index in [4.69, 9.17) is 5.11 Å². The smallest absolute Gasteiger partial charge is 0.416 e. The van der Waals surface area contributed by atoms with Crippen molar-refractivity contribution in [3.8, 4) is 0 Å². The van der Waals surface area contributed by atoms with Crippen molar-refractivity contribution in [2.45, 2.75) is 43.8 Å². The van der Waals surface area contributed by atoms with E-state index in [-0.39, 0.29) is 30.3 Å². The molecule has 154 valence electrons. The Hall–Kier alpha value is -2.09. The molecule has 0 radical (unpaired) electrons. The lowest BCUT2D eigenvalue weighted by Crippen LogP contribution is -2.37. The number of nitrogens with zero attached hydrogens (tertiary/aromatic N) is 2. The molecule has 1 amide bonds. The Kier molecular flexibility index (Phi) is 5.98. The first-order valence-electron chi connectivity index (χ1n) is 9.55. The van der Waals surface area contributed by atoms with E-state index in [1.165, 1.54) is 12.1 Å². The van der Waals surface area contributed by atoms with Crippen LogP contribution < -0.4 is 0 Å². The quantitative estimate of drug-likeness (QED) is 0.828. The van der Waals surface area contributed by atoms with E-state index in [0.29, 0.717) is 19.5 Å². The van der Waals surface area contributed by atoms with Gasteiger partial charge < -0.3 is 10.0 Å². The molecule has 3 rings (SSSR count). The third kappa shape index (κ3) is 4.84. The van der Waals surface area contributed by atoms with Gasteiger partial charge in [-0.1, -0.05) is 12.1 Å². The Bertz CT molecular complexity index is 720. The molecule has 1 heterocycles. The molecule has 1 N–H and O–H groups in total. The zero-order chi connectivity index (χ0) is 20.5. The van der Waals surface area contributed by atoms with Crippen molar-refractivity contribution in [1.82, 2.24) is 9.80 Å². The van der Waals surface area contributed by atoms with Crippen LogP contribution in [0.3, 0.4) is 0 Å². The van der Waals surface area contributed by atoms with Crippen molar-refractivity contribution in [2.75, 3.05) is 26.7 Å². The molecule has 1 aliphatic heterocycles. The van der Waals surface area contributed by atoms with E-state index in [1.54, 1.807) is 7.05 Å². The van der Waals surface area contributed by atoms with Gasteiger partial charge in [0.25, 0.3) is 0 Å². The highest BCUT2D eigenvalue weighted by Gasteiger charge is 2.46. The second kappa shape index (κ2) is 8.11. The number of likely N-dealkylation sites (N-methyl/N-ethyl adjacent to an activating group) is 1. The van der Waals surface area contributed by atoms with Gasteiger partial charge in [0.05, 0.1) is 12.1 Å². The number of amides is 1. The summed E-state index contributed by atoms with van der Waals surface area (Å²) in [7, 11) is 1.79. The Morgan fingerprint density at radius 2 is 1.86 bits per heavy atom. The number of hydrogen-bond donors (Lipinski definition) is 1. The summed E-state index contributed by atoms with van der Waals surface area (Å²) >= 11 is 0. The van der Waals surface area contributed by atoms with Crippen LogP contribution in [0.15, 0.2) is 24.3 Å². The van der Waals surface area contributed by atoms with Crippen LogP contribution in [0.2, 0.25) is 0 Å². The molecular formula is C20H25F3N2O3. The maximum atomic E-state index is 12.8. The molecule has 28 heavy (non-hydrogen) atoms. The first-order valence-corrected chi connectivity index (χ1v) is 9.55. The molecule has 1 saturated carbocycles. The maximum Gasteiger partial charge on any atom is 0.416 e. The predicted molar refractivity (Wildman–Crippen MR) is 96.8 cm³/mol. The SMILES string of the molecule is CN(CC(=O)O)C1CCCN(C(=O)C2CC2c2ccc(C(F)(F)F)cc2)CC1. The lowest BCUT2D eigenvalue weighted by atomic mass is 10.1. The highest BCUT2D eigenvalue weighted by atomic mass is 19.4. The van der Waals surface area contributed by atoms with Gasteiger partial charge in [-0.05, 0) is 56.3 Å². The summed E-state index contributed by atoms with van der Waals surface area (Å²) in [6.07, 6.45) is -1.29. The van der Waals surface area contributed by atoms with Crippen molar-refractivity contribution in [3.05, 3.63) is 35.4 Å². The van der Waals surface area contributed by atoms with Crippen LogP contribution in [0.5, 0.6) is 0 Å². The van der Waals surface area contributed by atoms with Crippen molar-refractivity contribution >= 4 is 11.9 Å². The summed E-state index contributed by atoms with van der Waals surface area (Å²) in [6.45, 7) is 1.22. The van der Waals surface area contributed by atoms with Crippen LogP contribution in [0.25, 0.3) is 0 Å². The Morgan fingerprint density at radius 3 is 2.46 bits per heavy atom. The minimum absolute atomic E-state index is 0.0106. The molecule has 2 fully saturated rings. The van der Waals surface area contributed by atoms with E-state index < -0.39 is 17.7 Å². The molecule has 1 aromatic rings. The number of halogens is 3. The van der Waals surface area contributed by atoms with Crippen molar-refractivity contribution < 1.29 is 27.9 Å². The van der Waals surface area contributed by atoms with Gasteiger partial charge in [0.15, 0.2) is 0 Å². The lowest BCUT2D eigenvalue weighted by molar-refractivity contribution is -0.139. The minimum Gasteiger partial charge on any atom is -0.480 e. The second-order valence-electron chi connectivity index (χ2n) is 7.79. The van der Waals surface area contributed by atoms with Crippen LogP contribution in [0.4, 0.5) is 13.2 Å². The molecule has 1 saturated heterocycles. The van der Waals surface area contributed by atoms with E-state index in [0.717, 1.165) is 37.0 Å². The number of rotatable bonds is 5. The molecule has 1 aromatic carbocycles. The van der Waals surface area contributed by atoms with Gasteiger partial charge in [0.1, 0.15) is 0 Å². The summed E-state index contributed by atoms with van der Waals surface area (Å²) in [5.41, 5.74) is 0.101. The minimum atomic E-state index is -4.35. The molecule has 3 unspecified atom stereocenters. The van der Waals surface area contributed by atoms with Gasteiger partial charge in [-0.15, -0.1) is 0 Å². The van der Waals surface area contributed by atoms with E-state index in [9.17, 15) is 22.8 Å². The highest BCUT2D eigenvalue weighted by molar-refractivity contribution is 5.83. The Balaban J connectivity index is 1.55. The summed E-state index contributed by atoms with van der Waals surface area (Å²) < 4.78 is 38.1. The number of alkyl halides is 3. The van der Waals surface area contributed by atoms with Crippen molar-refractivity contribution in [3.63, 3.8) is 0 Å². The van der Waals surface area contributed by atoms with Gasteiger partial charge >= 0.3 is 12.1 Å². The number of carboxylic acids is 1. The standard InChI is InChI=1S/C20H25F3N2O3/c1-24(12-18(26)27)15-3-2-9-25(10-8-15)19(28)17-11-16(17)13-4-6-14(7-5-13)20(21,22)23/h4-7,15-17H,2-3,8-12H2,1H3,(H,26,27). The third-order valence-corrected chi connectivity index (χ3v) is 5.79. The fourth-order valence-corrected chi connectivity index (χ4v) is 4.07. The molecule has 8 heteroatoms. The number of benzene rings is 1. The number of hydrogen-bond acceptors (Lipinski definition) is 3. The number of carboxylic acid groups (broad SMARTS) is 1. The van der Waals surface area contributed by atoms with Crippen LogP contribution in [0, 0.1) is 5.92 Å². The van der Waals surface area contributed by atoms with Gasteiger partial charge in [-0.25, -0.2) is 0 Å². The summed E-state index contributed by atoms with van der Waals surface area (Å²) in [6, 6.07) is 5.23. The molecule has 3 atom stereocenters. The fraction of sp³-hybridized carbons (Fsp3) is 0.600. The van der Waals surface area contributed by atoms with Crippen LogP contribution >= 0.6 is 0 Å². The number of aliphatic carboxylic acids is 1. The van der Waals surface area contributed by atoms with Crippen LogP contribution in [-0.4, -0.2) is 59.5 Å². The van der Waals surface area contributed by atoms with Crippen LogP contribution in [0.1, 0.15) is 42.7 Å². The first kappa shape index (κ1) is 20.6. The van der Waals surface area contributed by atoms with E-state index >= 15 is 0 Å². The van der Waals surface area contributed by atoms with Crippen molar-refractivity contribution in [1.29, 1.82) is 0 Å². The predicted octanol–water partition coefficient (Wildman–Crippen LogP) is 3.21. The second-order valence-corrected chi connectivity index (χ2v) is 7.79. The maximum absolute atomic E-state index is 12.8. The average Bonchev–Trinajstić information content (AvgIpc) is 3.43. The van der Waals surface area contributed by atoms with Crippen LogP contribution in [-0.2, 0) is 15.8 Å². The number of carbonyl (C=O) groups is 2. The van der Waals surface area contributed by atoms with Gasteiger partial charge in [-0.2, -0.15) is 13.2 Å². The highest BCUT2D eigenvalue weighted by Crippen LogP contribution is 2.49. The Labute approximate surface area is 162 Å². The van der Waals surface area contributed by atoms with Gasteiger partial charge in [-0.3, -0.25) is 14.5 Å².